The van der Waals surface area contributed by atoms with Crippen molar-refractivity contribution in [2.45, 2.75) is 4.90 Å². The van der Waals surface area contributed by atoms with E-state index in [0.29, 0.717) is 10.8 Å². The first kappa shape index (κ1) is 18.5. The van der Waals surface area contributed by atoms with Gasteiger partial charge < -0.3 is 9.47 Å². The van der Waals surface area contributed by atoms with Gasteiger partial charge in [0.15, 0.2) is 0 Å². The molecule has 0 saturated heterocycles. The molecule has 0 spiro atoms. The molecule has 0 heterocycles. The van der Waals surface area contributed by atoms with Crippen molar-refractivity contribution in [2.24, 2.45) is 0 Å². The van der Waals surface area contributed by atoms with Gasteiger partial charge in [0, 0.05) is 11.6 Å². The van der Waals surface area contributed by atoms with Crippen LogP contribution in [0.3, 0.4) is 0 Å². The minimum Gasteiger partial charge on any atom is -0.495 e. The Bertz CT molecular complexity index is 1020. The Hall–Kier alpha value is -2.28. The molecule has 3 aromatic rings. The number of benzene rings is 3. The summed E-state index contributed by atoms with van der Waals surface area (Å²) >= 11 is 5.90. The quantitative estimate of drug-likeness (QED) is 0.621. The second-order valence-electron chi connectivity index (χ2n) is 5.55. The van der Waals surface area contributed by atoms with E-state index in [2.05, 4.69) is 4.72 Å². The summed E-state index contributed by atoms with van der Waals surface area (Å²) in [5.41, 5.74) is 0. The summed E-state index contributed by atoms with van der Waals surface area (Å²) < 4.78 is 38.1. The standard InChI is InChI=1S/C19H18ClNO4S/c1-24-18-9-7-16(20)13-19(18)26(22,23)21-10-11-25-17-8-6-14-4-2-3-5-15(14)12-17/h2-9,12-13,21H,10-11H2,1H3. The van der Waals surface area contributed by atoms with Crippen molar-refractivity contribution in [1.82, 2.24) is 4.72 Å². The molecule has 0 saturated carbocycles. The van der Waals surface area contributed by atoms with E-state index in [1.54, 1.807) is 6.07 Å². The first-order valence-electron chi connectivity index (χ1n) is 7.94. The molecule has 1 N–H and O–H groups in total. The van der Waals surface area contributed by atoms with E-state index in [-0.39, 0.29) is 23.8 Å². The van der Waals surface area contributed by atoms with Gasteiger partial charge in [-0.05, 0) is 41.1 Å². The van der Waals surface area contributed by atoms with Gasteiger partial charge in [-0.1, -0.05) is 41.9 Å². The maximum atomic E-state index is 12.4. The molecular formula is C19H18ClNO4S. The van der Waals surface area contributed by atoms with Crippen LogP contribution >= 0.6 is 11.6 Å². The molecule has 0 aromatic heterocycles. The van der Waals surface area contributed by atoms with Gasteiger partial charge in [-0.15, -0.1) is 0 Å². The van der Waals surface area contributed by atoms with Crippen molar-refractivity contribution in [3.63, 3.8) is 0 Å². The van der Waals surface area contributed by atoms with Crippen LogP contribution in [-0.2, 0) is 10.0 Å². The second kappa shape index (κ2) is 7.95. The largest absolute Gasteiger partial charge is 0.495 e. The maximum absolute atomic E-state index is 12.4. The number of hydrogen-bond acceptors (Lipinski definition) is 4. The van der Waals surface area contributed by atoms with Crippen molar-refractivity contribution < 1.29 is 17.9 Å². The van der Waals surface area contributed by atoms with E-state index in [1.165, 1.54) is 19.2 Å². The lowest BCUT2D eigenvalue weighted by Crippen LogP contribution is -2.28. The number of halogens is 1. The Morgan fingerprint density at radius 2 is 1.77 bits per heavy atom. The lowest BCUT2D eigenvalue weighted by molar-refractivity contribution is 0.323. The summed E-state index contributed by atoms with van der Waals surface area (Å²) in [6, 6.07) is 18.1. The summed E-state index contributed by atoms with van der Waals surface area (Å²) in [5, 5.41) is 2.50. The zero-order chi connectivity index (χ0) is 18.6. The third-order valence-corrected chi connectivity index (χ3v) is 5.52. The molecule has 7 heteroatoms. The highest BCUT2D eigenvalue weighted by atomic mass is 35.5. The average molecular weight is 392 g/mol. The molecule has 0 amide bonds. The minimum absolute atomic E-state index is 0.00166. The second-order valence-corrected chi connectivity index (χ2v) is 7.72. The Morgan fingerprint density at radius 1 is 1.00 bits per heavy atom. The summed E-state index contributed by atoms with van der Waals surface area (Å²) in [5.74, 6) is 0.917. The van der Waals surface area contributed by atoms with Crippen LogP contribution in [0.25, 0.3) is 10.8 Å². The number of sulfonamides is 1. The Labute approximate surface area is 157 Å². The van der Waals surface area contributed by atoms with E-state index in [9.17, 15) is 8.42 Å². The van der Waals surface area contributed by atoms with Gasteiger partial charge in [-0.25, -0.2) is 13.1 Å². The number of hydrogen-bond donors (Lipinski definition) is 1. The van der Waals surface area contributed by atoms with Crippen molar-refractivity contribution in [2.75, 3.05) is 20.3 Å². The zero-order valence-electron chi connectivity index (χ0n) is 14.1. The smallest absolute Gasteiger partial charge is 0.244 e. The van der Waals surface area contributed by atoms with Crippen LogP contribution in [0.1, 0.15) is 0 Å². The lowest BCUT2D eigenvalue weighted by Gasteiger charge is -2.12. The molecule has 0 fully saturated rings. The predicted octanol–water partition coefficient (Wildman–Crippen LogP) is 3.86. The fourth-order valence-electron chi connectivity index (χ4n) is 2.54. The molecule has 136 valence electrons. The van der Waals surface area contributed by atoms with Crippen LogP contribution in [0.4, 0.5) is 0 Å². The van der Waals surface area contributed by atoms with Crippen LogP contribution < -0.4 is 14.2 Å². The van der Waals surface area contributed by atoms with Crippen LogP contribution in [0.2, 0.25) is 5.02 Å². The average Bonchev–Trinajstić information content (AvgIpc) is 2.65. The van der Waals surface area contributed by atoms with Gasteiger partial charge in [0.05, 0.1) is 7.11 Å². The van der Waals surface area contributed by atoms with Crippen LogP contribution in [0.15, 0.2) is 65.6 Å². The zero-order valence-corrected chi connectivity index (χ0v) is 15.7. The van der Waals surface area contributed by atoms with Crippen molar-refractivity contribution in [3.05, 3.63) is 65.7 Å². The van der Waals surface area contributed by atoms with E-state index in [1.807, 2.05) is 42.5 Å². The van der Waals surface area contributed by atoms with Gasteiger partial charge in [0.25, 0.3) is 0 Å². The third-order valence-electron chi connectivity index (χ3n) is 3.80. The predicted molar refractivity (Wildman–Crippen MR) is 103 cm³/mol. The SMILES string of the molecule is COc1ccc(Cl)cc1S(=O)(=O)NCCOc1ccc2ccccc2c1. The first-order chi connectivity index (χ1) is 12.5. The molecule has 0 aliphatic heterocycles. The van der Waals surface area contributed by atoms with E-state index in [4.69, 9.17) is 21.1 Å². The molecule has 5 nitrogen and oxygen atoms in total. The highest BCUT2D eigenvalue weighted by Gasteiger charge is 2.19. The Balaban J connectivity index is 1.62. The summed E-state index contributed by atoms with van der Waals surface area (Å²) in [6.45, 7) is 0.311. The van der Waals surface area contributed by atoms with Crippen LogP contribution in [-0.4, -0.2) is 28.7 Å². The van der Waals surface area contributed by atoms with Gasteiger partial charge in [-0.3, -0.25) is 0 Å². The summed E-state index contributed by atoms with van der Waals surface area (Å²) in [4.78, 5) is -0.00166. The van der Waals surface area contributed by atoms with E-state index >= 15 is 0 Å². The summed E-state index contributed by atoms with van der Waals surface area (Å²) in [6.07, 6.45) is 0. The first-order valence-corrected chi connectivity index (χ1v) is 9.80. The fourth-order valence-corrected chi connectivity index (χ4v) is 3.98. The normalized spacial score (nSPS) is 11.5. The van der Waals surface area contributed by atoms with Gasteiger partial charge >= 0.3 is 0 Å². The van der Waals surface area contributed by atoms with Gasteiger partial charge in [-0.2, -0.15) is 0 Å². The molecule has 0 aliphatic rings. The lowest BCUT2D eigenvalue weighted by atomic mass is 10.1. The molecule has 0 unspecified atom stereocenters. The Morgan fingerprint density at radius 3 is 2.54 bits per heavy atom. The molecule has 0 atom stereocenters. The molecule has 26 heavy (non-hydrogen) atoms. The molecular weight excluding hydrogens is 374 g/mol. The number of fused-ring (bicyclic) bond motifs is 1. The van der Waals surface area contributed by atoms with E-state index in [0.717, 1.165) is 10.8 Å². The number of nitrogens with one attached hydrogen (secondary N) is 1. The highest BCUT2D eigenvalue weighted by molar-refractivity contribution is 7.89. The van der Waals surface area contributed by atoms with E-state index < -0.39 is 10.0 Å². The molecule has 3 aromatic carbocycles. The molecule has 0 radical (unpaired) electrons. The third kappa shape index (κ3) is 4.27. The number of methoxy groups -OCH3 is 1. The van der Waals surface area contributed by atoms with Crippen LogP contribution in [0, 0.1) is 0 Å². The van der Waals surface area contributed by atoms with Gasteiger partial charge in [0.1, 0.15) is 23.0 Å². The molecule has 3 rings (SSSR count). The van der Waals surface area contributed by atoms with Crippen molar-refractivity contribution >= 4 is 32.4 Å². The fraction of sp³-hybridized carbons (Fsp3) is 0.158. The Kier molecular flexibility index (Phi) is 5.66. The van der Waals surface area contributed by atoms with Crippen LogP contribution in [0.5, 0.6) is 11.5 Å². The minimum atomic E-state index is -3.75. The summed E-state index contributed by atoms with van der Waals surface area (Å²) in [7, 11) is -2.35. The topological polar surface area (TPSA) is 64.6 Å². The monoisotopic (exact) mass is 391 g/mol. The molecule has 0 bridgehead atoms. The van der Waals surface area contributed by atoms with Crippen molar-refractivity contribution in [3.8, 4) is 11.5 Å². The van der Waals surface area contributed by atoms with Gasteiger partial charge in [0.2, 0.25) is 10.0 Å². The number of rotatable bonds is 7. The van der Waals surface area contributed by atoms with Crippen molar-refractivity contribution in [1.29, 1.82) is 0 Å². The highest BCUT2D eigenvalue weighted by Crippen LogP contribution is 2.26. The number of ether oxygens (including phenoxy) is 2. The maximum Gasteiger partial charge on any atom is 0.244 e. The molecule has 0 aliphatic carbocycles.